The number of nitrogens with one attached hydrogen (secondary N) is 1. The van der Waals surface area contributed by atoms with Crippen LogP contribution in [0.15, 0.2) is 47.7 Å². The largest absolute Gasteiger partial charge is 0.497 e. The van der Waals surface area contributed by atoms with Gasteiger partial charge >= 0.3 is 5.97 Å². The Hall–Kier alpha value is -2.60. The van der Waals surface area contributed by atoms with Crippen molar-refractivity contribution in [3.63, 3.8) is 0 Å². The third-order valence-corrected chi connectivity index (χ3v) is 4.96. The molecule has 2 aromatic carbocycles. The summed E-state index contributed by atoms with van der Waals surface area (Å²) in [7, 11) is 4.87. The van der Waals surface area contributed by atoms with Crippen molar-refractivity contribution in [2.24, 2.45) is 0 Å². The van der Waals surface area contributed by atoms with Gasteiger partial charge in [0.1, 0.15) is 5.75 Å². The topological polar surface area (TPSA) is 50.8 Å². The summed E-state index contributed by atoms with van der Waals surface area (Å²) in [6.45, 7) is 1.87. The van der Waals surface area contributed by atoms with E-state index in [9.17, 15) is 4.79 Å². The van der Waals surface area contributed by atoms with Gasteiger partial charge in [-0.2, -0.15) is 0 Å². The molecule has 0 aliphatic carbocycles. The minimum atomic E-state index is -0.362. The molecule has 0 spiro atoms. The zero-order chi connectivity index (χ0) is 18.1. The predicted octanol–water partition coefficient (Wildman–Crippen LogP) is 3.16. The van der Waals surface area contributed by atoms with Crippen LogP contribution in [0.1, 0.15) is 18.5 Å². The second-order valence-electron chi connectivity index (χ2n) is 5.90. The summed E-state index contributed by atoms with van der Waals surface area (Å²) in [6, 6.07) is 11.6. The second-order valence-corrected chi connectivity index (χ2v) is 6.29. The number of benzene rings is 2. The van der Waals surface area contributed by atoms with Gasteiger partial charge in [0.15, 0.2) is 5.11 Å². The van der Waals surface area contributed by atoms with Crippen LogP contribution in [0.4, 0.5) is 0 Å². The first kappa shape index (κ1) is 17.2. The molecule has 0 unspecified atom stereocenters. The fourth-order valence-electron chi connectivity index (χ4n) is 3.01. The van der Waals surface area contributed by atoms with Crippen LogP contribution in [0.5, 0.6) is 5.75 Å². The molecule has 1 heterocycles. The van der Waals surface area contributed by atoms with Crippen LogP contribution in [0, 0.1) is 0 Å². The van der Waals surface area contributed by atoms with Crippen LogP contribution in [0.3, 0.4) is 0 Å². The fraction of sp³-hybridized carbons (Fsp3) is 0.263. The molecule has 6 heteroatoms. The molecule has 5 nitrogen and oxygen atoms in total. The third-order valence-electron chi connectivity index (χ3n) is 4.56. The van der Waals surface area contributed by atoms with Gasteiger partial charge in [0.2, 0.25) is 0 Å². The van der Waals surface area contributed by atoms with E-state index in [1.807, 2.05) is 44.3 Å². The number of nitrogens with zero attached hydrogens (tertiary/aromatic N) is 1. The van der Waals surface area contributed by atoms with Gasteiger partial charge in [-0.3, -0.25) is 0 Å². The van der Waals surface area contributed by atoms with Crippen LogP contribution in [0.25, 0.3) is 10.8 Å². The van der Waals surface area contributed by atoms with Gasteiger partial charge in [0.25, 0.3) is 0 Å². The van der Waals surface area contributed by atoms with E-state index in [0.29, 0.717) is 10.7 Å². The summed E-state index contributed by atoms with van der Waals surface area (Å²) in [5.74, 6) is 0.448. The van der Waals surface area contributed by atoms with E-state index in [-0.39, 0.29) is 12.0 Å². The number of allylic oxidation sites excluding steroid dienone is 1. The SMILES string of the molecule is COC(=O)C1=C(C)N(C)C(=S)N[C@@H]1c1ccc2cc(OC)ccc2c1. The normalized spacial score (nSPS) is 17.5. The van der Waals surface area contributed by atoms with E-state index in [2.05, 4.69) is 11.4 Å². The number of thiocarbonyl (C=S) groups is 1. The van der Waals surface area contributed by atoms with Crippen LogP contribution in [-0.4, -0.2) is 37.2 Å². The number of ether oxygens (including phenoxy) is 2. The molecule has 1 N–H and O–H groups in total. The molecule has 1 aliphatic rings. The van der Waals surface area contributed by atoms with E-state index in [1.54, 1.807) is 12.0 Å². The first-order chi connectivity index (χ1) is 12.0. The molecule has 2 aromatic rings. The number of carbonyl (C=O) groups is 1. The molecule has 0 saturated heterocycles. The Labute approximate surface area is 152 Å². The molecule has 25 heavy (non-hydrogen) atoms. The van der Waals surface area contributed by atoms with Crippen molar-refractivity contribution in [3.05, 3.63) is 53.2 Å². The van der Waals surface area contributed by atoms with Crippen molar-refractivity contribution < 1.29 is 14.3 Å². The van der Waals surface area contributed by atoms with Crippen LogP contribution >= 0.6 is 12.2 Å². The van der Waals surface area contributed by atoms with E-state index < -0.39 is 0 Å². The van der Waals surface area contributed by atoms with Crippen molar-refractivity contribution in [3.8, 4) is 5.75 Å². The maximum atomic E-state index is 12.4. The zero-order valence-electron chi connectivity index (χ0n) is 14.6. The van der Waals surface area contributed by atoms with Gasteiger partial charge in [0.05, 0.1) is 25.8 Å². The molecule has 0 radical (unpaired) electrons. The Balaban J connectivity index is 2.11. The molecule has 0 fully saturated rings. The fourth-order valence-corrected chi connectivity index (χ4v) is 3.26. The van der Waals surface area contributed by atoms with Crippen LogP contribution in [0.2, 0.25) is 0 Å². The Kier molecular flexibility index (Phi) is 4.63. The average Bonchev–Trinajstić information content (AvgIpc) is 2.64. The highest BCUT2D eigenvalue weighted by molar-refractivity contribution is 7.80. The maximum absolute atomic E-state index is 12.4. The lowest BCUT2D eigenvalue weighted by Gasteiger charge is -2.35. The van der Waals surface area contributed by atoms with E-state index in [4.69, 9.17) is 21.7 Å². The molecule has 0 bridgehead atoms. The summed E-state index contributed by atoms with van der Waals surface area (Å²) in [5, 5.41) is 5.94. The Bertz CT molecular complexity index is 891. The number of esters is 1. The van der Waals surface area contributed by atoms with Crippen molar-refractivity contribution >= 4 is 34.1 Å². The predicted molar refractivity (Wildman–Crippen MR) is 101 cm³/mol. The first-order valence-corrected chi connectivity index (χ1v) is 8.28. The standard InChI is InChI=1S/C19H20N2O3S/c1-11-16(18(22)24-4)17(20-19(25)21(11)2)14-6-5-13-10-15(23-3)8-7-12(13)9-14/h5-10,17H,1-4H3,(H,20,25)/t17-/m1/s1. The number of hydrogen-bond acceptors (Lipinski definition) is 4. The molecule has 0 amide bonds. The van der Waals surface area contributed by atoms with Crippen molar-refractivity contribution in [2.45, 2.75) is 13.0 Å². The third kappa shape index (κ3) is 3.05. The van der Waals surface area contributed by atoms with Crippen molar-refractivity contribution in [1.29, 1.82) is 0 Å². The second kappa shape index (κ2) is 6.72. The average molecular weight is 356 g/mol. The Morgan fingerprint density at radius 1 is 1.16 bits per heavy atom. The lowest BCUT2D eigenvalue weighted by Crippen LogP contribution is -2.46. The zero-order valence-corrected chi connectivity index (χ0v) is 15.4. The number of hydrogen-bond donors (Lipinski definition) is 1. The molecule has 0 aromatic heterocycles. The van der Waals surface area contributed by atoms with E-state index in [0.717, 1.165) is 27.8 Å². The summed E-state index contributed by atoms with van der Waals surface area (Å²) in [6.07, 6.45) is 0. The molecule has 130 valence electrons. The lowest BCUT2D eigenvalue weighted by atomic mass is 9.93. The van der Waals surface area contributed by atoms with Gasteiger partial charge in [-0.15, -0.1) is 0 Å². The lowest BCUT2D eigenvalue weighted by molar-refractivity contribution is -0.136. The number of methoxy groups -OCH3 is 2. The highest BCUT2D eigenvalue weighted by atomic mass is 32.1. The van der Waals surface area contributed by atoms with Gasteiger partial charge in [-0.1, -0.05) is 18.2 Å². The summed E-state index contributed by atoms with van der Waals surface area (Å²) < 4.78 is 10.3. The number of fused-ring (bicyclic) bond motifs is 1. The highest BCUT2D eigenvalue weighted by Crippen LogP contribution is 2.32. The number of rotatable bonds is 3. The summed E-state index contributed by atoms with van der Waals surface area (Å²) in [5.41, 5.74) is 2.30. The smallest absolute Gasteiger partial charge is 0.337 e. The Morgan fingerprint density at radius 3 is 2.52 bits per heavy atom. The van der Waals surface area contributed by atoms with Gasteiger partial charge < -0.3 is 19.7 Å². The minimum absolute atomic E-state index is 0.345. The molecule has 1 atom stereocenters. The Morgan fingerprint density at radius 2 is 1.84 bits per heavy atom. The maximum Gasteiger partial charge on any atom is 0.337 e. The molecular weight excluding hydrogens is 336 g/mol. The van der Waals surface area contributed by atoms with Crippen molar-refractivity contribution in [1.82, 2.24) is 10.2 Å². The quantitative estimate of drug-likeness (QED) is 0.673. The number of carbonyl (C=O) groups excluding carboxylic acids is 1. The van der Waals surface area contributed by atoms with Gasteiger partial charge in [-0.25, -0.2) is 4.79 Å². The molecule has 3 rings (SSSR count). The van der Waals surface area contributed by atoms with Gasteiger partial charge in [0, 0.05) is 12.7 Å². The van der Waals surface area contributed by atoms with E-state index >= 15 is 0 Å². The highest BCUT2D eigenvalue weighted by Gasteiger charge is 2.33. The van der Waals surface area contributed by atoms with Crippen LogP contribution < -0.4 is 10.1 Å². The minimum Gasteiger partial charge on any atom is -0.497 e. The van der Waals surface area contributed by atoms with Crippen molar-refractivity contribution in [2.75, 3.05) is 21.3 Å². The first-order valence-electron chi connectivity index (χ1n) is 7.87. The summed E-state index contributed by atoms with van der Waals surface area (Å²) in [4.78, 5) is 14.1. The van der Waals surface area contributed by atoms with Gasteiger partial charge in [-0.05, 0) is 53.7 Å². The molecule has 0 saturated carbocycles. The van der Waals surface area contributed by atoms with E-state index in [1.165, 1.54) is 7.11 Å². The molecule has 1 aliphatic heterocycles. The summed E-state index contributed by atoms with van der Waals surface area (Å²) >= 11 is 5.40. The monoisotopic (exact) mass is 356 g/mol. The molecular formula is C19H20N2O3S. The van der Waals surface area contributed by atoms with Crippen LogP contribution in [-0.2, 0) is 9.53 Å².